The highest BCUT2D eigenvalue weighted by Gasteiger charge is 2.40. The van der Waals surface area contributed by atoms with Crippen LogP contribution in [0.2, 0.25) is 0 Å². The molecule has 0 fully saturated rings. The van der Waals surface area contributed by atoms with Crippen molar-refractivity contribution in [3.05, 3.63) is 65.2 Å². The van der Waals surface area contributed by atoms with E-state index in [4.69, 9.17) is 23.7 Å². The third kappa shape index (κ3) is 3.90. The Labute approximate surface area is 205 Å². The molecule has 2 aliphatic heterocycles. The summed E-state index contributed by atoms with van der Waals surface area (Å²) < 4.78 is 28.3. The largest absolute Gasteiger partial charge is 0.507 e. The third-order valence-electron chi connectivity index (χ3n) is 6.22. The molecule has 10 heteroatoms. The molecule has 0 spiro atoms. The number of ether oxygens (including phenoxy) is 5. The fraction of sp³-hybridized carbons (Fsp3) is 0.269. The van der Waals surface area contributed by atoms with Gasteiger partial charge in [0.1, 0.15) is 22.8 Å². The summed E-state index contributed by atoms with van der Waals surface area (Å²) in [5.74, 6) is 0.216. The third-order valence-corrected chi connectivity index (χ3v) is 6.22. The van der Waals surface area contributed by atoms with Gasteiger partial charge >= 0.3 is 0 Å². The van der Waals surface area contributed by atoms with Crippen molar-refractivity contribution in [3.63, 3.8) is 0 Å². The van der Waals surface area contributed by atoms with Crippen LogP contribution in [0.5, 0.6) is 40.2 Å². The van der Waals surface area contributed by atoms with E-state index in [1.807, 2.05) is 0 Å². The van der Waals surface area contributed by atoms with Crippen molar-refractivity contribution in [2.24, 2.45) is 0 Å². The van der Waals surface area contributed by atoms with Gasteiger partial charge in [-0.2, -0.15) is 0 Å². The molecule has 3 aromatic carbocycles. The summed E-state index contributed by atoms with van der Waals surface area (Å²) in [7, 11) is 2.85. The van der Waals surface area contributed by atoms with Crippen molar-refractivity contribution in [2.75, 3.05) is 20.8 Å². The summed E-state index contributed by atoms with van der Waals surface area (Å²) in [5, 5.41) is 40.8. The summed E-state index contributed by atoms with van der Waals surface area (Å²) in [6, 6.07) is 12.3. The number of phenols is 2. The van der Waals surface area contributed by atoms with Gasteiger partial charge < -0.3 is 44.1 Å². The van der Waals surface area contributed by atoms with Gasteiger partial charge in [-0.25, -0.2) is 0 Å². The van der Waals surface area contributed by atoms with E-state index >= 15 is 0 Å². The number of fused-ring (bicyclic) bond motifs is 2. The van der Waals surface area contributed by atoms with E-state index in [1.54, 1.807) is 30.3 Å². The second-order valence-electron chi connectivity index (χ2n) is 8.38. The van der Waals surface area contributed by atoms with Gasteiger partial charge in [0.2, 0.25) is 5.78 Å². The van der Waals surface area contributed by atoms with E-state index < -0.39 is 30.2 Å². The maximum Gasteiger partial charge on any atom is 0.202 e. The van der Waals surface area contributed by atoms with Gasteiger partial charge in [-0.3, -0.25) is 4.79 Å². The highest BCUT2D eigenvalue weighted by Crippen LogP contribution is 2.46. The Hall–Kier alpha value is -4.15. The van der Waals surface area contributed by atoms with Crippen molar-refractivity contribution in [1.29, 1.82) is 0 Å². The average Bonchev–Trinajstić information content (AvgIpc) is 2.89. The van der Waals surface area contributed by atoms with Gasteiger partial charge in [0.25, 0.3) is 0 Å². The fourth-order valence-electron chi connectivity index (χ4n) is 4.39. The zero-order valence-electron chi connectivity index (χ0n) is 19.4. The molecular weight excluding hydrogens is 472 g/mol. The van der Waals surface area contributed by atoms with Gasteiger partial charge in [-0.15, -0.1) is 0 Å². The van der Waals surface area contributed by atoms with Gasteiger partial charge in [-0.05, 0) is 29.8 Å². The standard InChI is InChI=1S/C26H24O10/c1-32-14-9-16(29)22-20(10-14)36-26(24(31)23(22)30)13-4-6-17-19(8-13)34-21(11-27)25(35-17)12-3-5-15(28)18(7-12)33-2/h3-10,21,24-29,31H,11H2,1-2H3/t21-,24-,25-,26+/m0/s1. The van der Waals surface area contributed by atoms with Crippen LogP contribution in [-0.4, -0.2) is 59.2 Å². The van der Waals surface area contributed by atoms with Crippen LogP contribution in [0.25, 0.3) is 0 Å². The molecule has 4 atom stereocenters. The van der Waals surface area contributed by atoms with E-state index in [0.717, 1.165) is 0 Å². The molecule has 0 radical (unpaired) electrons. The van der Waals surface area contributed by atoms with Crippen molar-refractivity contribution in [3.8, 4) is 40.2 Å². The molecule has 36 heavy (non-hydrogen) atoms. The minimum Gasteiger partial charge on any atom is -0.507 e. The normalized spacial score (nSPS) is 22.4. The lowest BCUT2D eigenvalue weighted by Crippen LogP contribution is -2.37. The van der Waals surface area contributed by atoms with Crippen molar-refractivity contribution < 1.29 is 48.9 Å². The second kappa shape index (κ2) is 9.14. The Bertz CT molecular complexity index is 1320. The summed E-state index contributed by atoms with van der Waals surface area (Å²) in [5.41, 5.74) is 0.928. The first-order valence-corrected chi connectivity index (χ1v) is 11.1. The lowest BCUT2D eigenvalue weighted by Gasteiger charge is -2.35. The van der Waals surface area contributed by atoms with Crippen molar-refractivity contribution >= 4 is 5.78 Å². The number of phenolic OH excluding ortho intramolecular Hbond substituents is 2. The molecule has 188 valence electrons. The molecule has 0 saturated carbocycles. The van der Waals surface area contributed by atoms with Crippen LogP contribution < -0.4 is 23.7 Å². The molecule has 0 bridgehead atoms. The highest BCUT2D eigenvalue weighted by atomic mass is 16.6. The summed E-state index contributed by atoms with van der Waals surface area (Å²) in [4.78, 5) is 12.8. The van der Waals surface area contributed by atoms with E-state index in [1.165, 1.54) is 32.4 Å². The zero-order valence-corrected chi connectivity index (χ0v) is 19.4. The van der Waals surface area contributed by atoms with Crippen LogP contribution in [0.3, 0.4) is 0 Å². The van der Waals surface area contributed by atoms with Crippen LogP contribution in [0, 0.1) is 0 Å². The van der Waals surface area contributed by atoms with Gasteiger partial charge in [0.05, 0.1) is 20.8 Å². The molecule has 0 aromatic heterocycles. The number of hydrogen-bond acceptors (Lipinski definition) is 10. The second-order valence-corrected chi connectivity index (χ2v) is 8.38. The van der Waals surface area contributed by atoms with E-state index in [0.29, 0.717) is 22.6 Å². The summed E-state index contributed by atoms with van der Waals surface area (Å²) in [6.07, 6.45) is -4.15. The monoisotopic (exact) mass is 496 g/mol. The maximum atomic E-state index is 12.8. The SMILES string of the molecule is COc1cc(O)c2c(c1)O[C@H](c1ccc3c(c1)O[C@@H](CO)[C@H](c1ccc(O)c(OC)c1)O3)[C@@H](O)C2=O. The molecule has 5 rings (SSSR count). The van der Waals surface area contributed by atoms with E-state index in [-0.39, 0.29) is 40.9 Å². The molecule has 0 saturated heterocycles. The first-order valence-electron chi connectivity index (χ1n) is 11.1. The number of carbonyl (C=O) groups is 1. The quantitative estimate of drug-likeness (QED) is 0.416. The number of carbonyl (C=O) groups excluding carboxylic acids is 1. The number of ketones is 1. The number of aromatic hydroxyl groups is 2. The minimum absolute atomic E-state index is 0.0309. The molecule has 2 aliphatic rings. The highest BCUT2D eigenvalue weighted by molar-refractivity contribution is 6.05. The number of aliphatic hydroxyl groups is 2. The molecule has 4 N–H and O–H groups in total. The van der Waals surface area contributed by atoms with Crippen LogP contribution in [0.4, 0.5) is 0 Å². The topological polar surface area (TPSA) is 144 Å². The lowest BCUT2D eigenvalue weighted by molar-refractivity contribution is -0.0130. The molecule has 10 nitrogen and oxygen atoms in total. The Morgan fingerprint density at radius 3 is 2.25 bits per heavy atom. The Morgan fingerprint density at radius 2 is 1.53 bits per heavy atom. The van der Waals surface area contributed by atoms with Crippen LogP contribution in [-0.2, 0) is 0 Å². The number of benzene rings is 3. The molecular formula is C26H24O10. The number of rotatable bonds is 5. The molecule has 3 aromatic rings. The first-order chi connectivity index (χ1) is 17.3. The van der Waals surface area contributed by atoms with Gasteiger partial charge in [0.15, 0.2) is 47.4 Å². The summed E-state index contributed by atoms with van der Waals surface area (Å²) >= 11 is 0. The molecule has 2 heterocycles. The van der Waals surface area contributed by atoms with E-state index in [9.17, 15) is 25.2 Å². The van der Waals surface area contributed by atoms with Gasteiger partial charge in [-0.1, -0.05) is 12.1 Å². The predicted octanol–water partition coefficient (Wildman–Crippen LogP) is 2.67. The first kappa shape index (κ1) is 23.6. The van der Waals surface area contributed by atoms with Crippen molar-refractivity contribution in [2.45, 2.75) is 24.4 Å². The Balaban J connectivity index is 1.46. The molecule has 0 unspecified atom stereocenters. The number of methoxy groups -OCH3 is 2. The minimum atomic E-state index is -1.58. The van der Waals surface area contributed by atoms with E-state index in [2.05, 4.69) is 0 Å². The van der Waals surface area contributed by atoms with Crippen molar-refractivity contribution in [1.82, 2.24) is 0 Å². The smallest absolute Gasteiger partial charge is 0.202 e. The van der Waals surface area contributed by atoms with Gasteiger partial charge in [0, 0.05) is 17.7 Å². The number of Topliss-reactive ketones (excluding diaryl/α,β-unsaturated/α-hetero) is 1. The predicted molar refractivity (Wildman–Crippen MR) is 124 cm³/mol. The van der Waals surface area contributed by atoms with Crippen LogP contribution in [0.1, 0.15) is 33.7 Å². The lowest BCUT2D eigenvalue weighted by atomic mass is 9.92. The molecule has 0 amide bonds. The summed E-state index contributed by atoms with van der Waals surface area (Å²) in [6.45, 7) is -0.370. The maximum absolute atomic E-state index is 12.8. The number of aliphatic hydroxyl groups excluding tert-OH is 2. The average molecular weight is 496 g/mol. The Morgan fingerprint density at radius 1 is 0.806 bits per heavy atom. The molecule has 0 aliphatic carbocycles. The fourth-order valence-corrected chi connectivity index (χ4v) is 4.39. The zero-order chi connectivity index (χ0) is 25.6. The Kier molecular flexibility index (Phi) is 5.99. The van der Waals surface area contributed by atoms with Crippen LogP contribution in [0.15, 0.2) is 48.5 Å². The van der Waals surface area contributed by atoms with Crippen LogP contribution >= 0.6 is 0 Å². The number of hydrogen-bond donors (Lipinski definition) is 4.